The summed E-state index contributed by atoms with van der Waals surface area (Å²) in [7, 11) is 0. The molecule has 3 aromatic rings. The van der Waals surface area contributed by atoms with Crippen LogP contribution in [0.5, 0.6) is 0 Å². The fourth-order valence-corrected chi connectivity index (χ4v) is 4.27. The number of aromatic nitrogens is 2. The van der Waals surface area contributed by atoms with E-state index in [-0.39, 0.29) is 43.1 Å². The number of carbonyl (C=O) groups excluding carboxylic acids is 2. The smallest absolute Gasteiger partial charge is 0.258 e. The standard InChI is InChI=1S/C26H31N5O4/c1-2-18-8-3-5-11-21(18)29-24(32)14-27-25(33)17-31(15-19-9-7-13-35-19)16-23-28-22-12-6-4-10-20(22)26(34)30-23/h3-6,8,10-12,19H,2,7,9,13-17H2,1H3,(H,27,33)(H,29,32)(H,28,30,34). The lowest BCUT2D eigenvalue weighted by Gasteiger charge is -2.24. The first-order valence-corrected chi connectivity index (χ1v) is 12.0. The maximum absolute atomic E-state index is 12.7. The Morgan fingerprint density at radius 1 is 1.14 bits per heavy atom. The molecule has 1 aliphatic rings. The predicted octanol–water partition coefficient (Wildman–Crippen LogP) is 2.22. The predicted molar refractivity (Wildman–Crippen MR) is 134 cm³/mol. The first-order valence-electron chi connectivity index (χ1n) is 12.0. The van der Waals surface area contributed by atoms with E-state index in [1.165, 1.54) is 0 Å². The monoisotopic (exact) mass is 477 g/mol. The molecule has 0 saturated carbocycles. The third kappa shape index (κ3) is 6.74. The van der Waals surface area contributed by atoms with E-state index in [0.717, 1.165) is 30.5 Å². The molecule has 4 rings (SSSR count). The van der Waals surface area contributed by atoms with Gasteiger partial charge in [-0.3, -0.25) is 19.3 Å². The number of rotatable bonds is 10. The summed E-state index contributed by atoms with van der Waals surface area (Å²) in [6.45, 7) is 3.45. The van der Waals surface area contributed by atoms with E-state index in [1.54, 1.807) is 18.2 Å². The highest BCUT2D eigenvalue weighted by molar-refractivity contribution is 5.95. The van der Waals surface area contributed by atoms with Crippen molar-refractivity contribution in [3.05, 3.63) is 70.3 Å². The van der Waals surface area contributed by atoms with Crippen LogP contribution in [0.25, 0.3) is 10.9 Å². The second kappa shape index (κ2) is 11.7. The normalized spacial score (nSPS) is 15.4. The molecular formula is C26H31N5O4. The number of nitrogens with zero attached hydrogens (tertiary/aromatic N) is 2. The Labute approximate surface area is 203 Å². The van der Waals surface area contributed by atoms with Gasteiger partial charge in [-0.15, -0.1) is 0 Å². The lowest BCUT2D eigenvalue weighted by atomic mass is 10.1. The van der Waals surface area contributed by atoms with Crippen molar-refractivity contribution in [3.63, 3.8) is 0 Å². The van der Waals surface area contributed by atoms with E-state index >= 15 is 0 Å². The van der Waals surface area contributed by atoms with Crippen LogP contribution in [0.4, 0.5) is 5.69 Å². The number of ether oxygens (including phenoxy) is 1. The number of hydrogen-bond acceptors (Lipinski definition) is 6. The molecule has 0 aliphatic carbocycles. The zero-order valence-electron chi connectivity index (χ0n) is 19.9. The molecule has 0 spiro atoms. The highest BCUT2D eigenvalue weighted by Crippen LogP contribution is 2.16. The number of para-hydroxylation sites is 2. The minimum atomic E-state index is -0.287. The summed E-state index contributed by atoms with van der Waals surface area (Å²) in [6, 6.07) is 14.7. The molecule has 1 saturated heterocycles. The van der Waals surface area contributed by atoms with Crippen LogP contribution in [0.3, 0.4) is 0 Å². The van der Waals surface area contributed by atoms with Crippen molar-refractivity contribution in [2.24, 2.45) is 0 Å². The maximum atomic E-state index is 12.7. The minimum Gasteiger partial charge on any atom is -0.377 e. The number of benzene rings is 2. The van der Waals surface area contributed by atoms with E-state index in [2.05, 4.69) is 20.6 Å². The van der Waals surface area contributed by atoms with E-state index < -0.39 is 0 Å². The van der Waals surface area contributed by atoms with Gasteiger partial charge in [-0.1, -0.05) is 37.3 Å². The highest BCUT2D eigenvalue weighted by Gasteiger charge is 2.22. The first-order chi connectivity index (χ1) is 17.0. The average molecular weight is 478 g/mol. The van der Waals surface area contributed by atoms with E-state index in [9.17, 15) is 14.4 Å². The Hall–Kier alpha value is -3.56. The molecule has 1 fully saturated rings. The molecule has 1 aromatic heterocycles. The number of aromatic amines is 1. The molecule has 35 heavy (non-hydrogen) atoms. The van der Waals surface area contributed by atoms with Crippen molar-refractivity contribution in [1.82, 2.24) is 20.2 Å². The van der Waals surface area contributed by atoms with Crippen LogP contribution >= 0.6 is 0 Å². The Morgan fingerprint density at radius 2 is 1.94 bits per heavy atom. The van der Waals surface area contributed by atoms with Crippen LogP contribution in [0.15, 0.2) is 53.3 Å². The SMILES string of the molecule is CCc1ccccc1NC(=O)CNC(=O)CN(Cc1nc2ccccc2c(=O)[nH]1)CC1CCCO1. The van der Waals surface area contributed by atoms with Crippen LogP contribution in [-0.4, -0.2) is 59.0 Å². The van der Waals surface area contributed by atoms with Crippen molar-refractivity contribution in [2.75, 3.05) is 31.6 Å². The van der Waals surface area contributed by atoms with Gasteiger partial charge in [0.15, 0.2) is 0 Å². The molecule has 1 unspecified atom stereocenters. The van der Waals surface area contributed by atoms with Crippen LogP contribution < -0.4 is 16.2 Å². The van der Waals surface area contributed by atoms with Gasteiger partial charge in [-0.05, 0) is 43.0 Å². The molecular weight excluding hydrogens is 446 g/mol. The van der Waals surface area contributed by atoms with Gasteiger partial charge in [0.25, 0.3) is 5.56 Å². The van der Waals surface area contributed by atoms with Gasteiger partial charge in [0.1, 0.15) is 5.82 Å². The number of anilines is 1. The Kier molecular flexibility index (Phi) is 8.23. The topological polar surface area (TPSA) is 116 Å². The van der Waals surface area contributed by atoms with Crippen molar-refractivity contribution in [2.45, 2.75) is 38.8 Å². The third-order valence-electron chi connectivity index (χ3n) is 6.01. The van der Waals surface area contributed by atoms with Crippen molar-refractivity contribution in [3.8, 4) is 0 Å². The van der Waals surface area contributed by atoms with E-state index in [1.807, 2.05) is 42.2 Å². The number of fused-ring (bicyclic) bond motifs is 1. The molecule has 2 heterocycles. The Balaban J connectivity index is 1.38. The molecule has 2 amide bonds. The summed E-state index contributed by atoms with van der Waals surface area (Å²) >= 11 is 0. The number of aryl methyl sites for hydroxylation is 1. The number of hydrogen-bond donors (Lipinski definition) is 3. The summed E-state index contributed by atoms with van der Waals surface area (Å²) in [5.74, 6) is -0.0936. The van der Waals surface area contributed by atoms with Crippen LogP contribution in [0, 0.1) is 0 Å². The molecule has 1 aliphatic heterocycles. The number of H-pyrrole nitrogens is 1. The Bertz CT molecular complexity index is 1240. The van der Waals surface area contributed by atoms with E-state index in [0.29, 0.717) is 29.9 Å². The molecule has 0 bridgehead atoms. The van der Waals surface area contributed by atoms with Crippen LogP contribution in [0.1, 0.15) is 31.2 Å². The number of amides is 2. The zero-order valence-corrected chi connectivity index (χ0v) is 19.9. The van der Waals surface area contributed by atoms with Crippen LogP contribution in [0.2, 0.25) is 0 Å². The second-order valence-electron chi connectivity index (χ2n) is 8.67. The highest BCUT2D eigenvalue weighted by atomic mass is 16.5. The molecule has 2 aromatic carbocycles. The maximum Gasteiger partial charge on any atom is 0.258 e. The summed E-state index contributed by atoms with van der Waals surface area (Å²) in [5, 5.41) is 6.07. The summed E-state index contributed by atoms with van der Waals surface area (Å²) < 4.78 is 5.75. The quantitative estimate of drug-likeness (QED) is 0.412. The van der Waals surface area contributed by atoms with Gasteiger partial charge in [0, 0.05) is 18.8 Å². The molecule has 1 atom stereocenters. The summed E-state index contributed by atoms with van der Waals surface area (Å²) in [6.07, 6.45) is 2.71. The lowest BCUT2D eigenvalue weighted by molar-refractivity contribution is -0.125. The zero-order chi connectivity index (χ0) is 24.6. The van der Waals surface area contributed by atoms with Gasteiger partial charge in [0.2, 0.25) is 11.8 Å². The summed E-state index contributed by atoms with van der Waals surface area (Å²) in [5.41, 5.74) is 2.18. The average Bonchev–Trinajstić information content (AvgIpc) is 3.36. The largest absolute Gasteiger partial charge is 0.377 e. The molecule has 0 radical (unpaired) electrons. The molecule has 3 N–H and O–H groups in total. The van der Waals surface area contributed by atoms with Crippen LogP contribution in [-0.2, 0) is 27.3 Å². The van der Waals surface area contributed by atoms with Crippen molar-refractivity contribution < 1.29 is 14.3 Å². The third-order valence-corrected chi connectivity index (χ3v) is 6.01. The summed E-state index contributed by atoms with van der Waals surface area (Å²) in [4.78, 5) is 46.8. The van der Waals surface area contributed by atoms with Gasteiger partial charge < -0.3 is 20.4 Å². The van der Waals surface area contributed by atoms with Crippen molar-refractivity contribution >= 4 is 28.4 Å². The molecule has 9 heteroatoms. The van der Waals surface area contributed by atoms with Gasteiger partial charge in [-0.2, -0.15) is 0 Å². The van der Waals surface area contributed by atoms with Gasteiger partial charge in [0.05, 0.1) is 36.6 Å². The van der Waals surface area contributed by atoms with Gasteiger partial charge >= 0.3 is 0 Å². The fraction of sp³-hybridized carbons (Fsp3) is 0.385. The Morgan fingerprint density at radius 3 is 2.74 bits per heavy atom. The first kappa shape index (κ1) is 24.6. The molecule has 184 valence electrons. The fourth-order valence-electron chi connectivity index (χ4n) is 4.27. The molecule has 9 nitrogen and oxygen atoms in total. The van der Waals surface area contributed by atoms with Gasteiger partial charge in [-0.25, -0.2) is 4.98 Å². The van der Waals surface area contributed by atoms with Crippen molar-refractivity contribution in [1.29, 1.82) is 0 Å². The van der Waals surface area contributed by atoms with E-state index in [4.69, 9.17) is 4.74 Å². The lowest BCUT2D eigenvalue weighted by Crippen LogP contribution is -2.43. The second-order valence-corrected chi connectivity index (χ2v) is 8.67. The number of carbonyl (C=O) groups is 2. The minimum absolute atomic E-state index is 0.0174. The number of nitrogens with one attached hydrogen (secondary N) is 3.